The number of carbonyl (C=O) groups excluding carboxylic acids is 1. The molecule has 2 aromatic rings. The molecule has 3 heteroatoms. The van der Waals surface area contributed by atoms with E-state index >= 15 is 0 Å². The van der Waals surface area contributed by atoms with Gasteiger partial charge in [0.2, 0.25) is 0 Å². The quantitative estimate of drug-likeness (QED) is 0.410. The lowest BCUT2D eigenvalue weighted by Crippen LogP contribution is -2.46. The van der Waals surface area contributed by atoms with Crippen LogP contribution in [0.15, 0.2) is 24.3 Å². The van der Waals surface area contributed by atoms with Gasteiger partial charge in [0, 0.05) is 10.7 Å². The highest BCUT2D eigenvalue weighted by Gasteiger charge is 2.48. The fourth-order valence-corrected chi connectivity index (χ4v) is 5.41. The van der Waals surface area contributed by atoms with E-state index in [2.05, 4.69) is 64.2 Å². The Labute approximate surface area is 196 Å². The van der Waals surface area contributed by atoms with E-state index in [1.54, 1.807) is 11.3 Å². The lowest BCUT2D eigenvalue weighted by atomic mass is 9.78. The van der Waals surface area contributed by atoms with Crippen LogP contribution in [-0.2, 0) is 0 Å². The number of thiophene rings is 1. The number of hydrogen-bond donors (Lipinski definition) is 1. The monoisotopic (exact) mass is 445 g/mol. The highest BCUT2D eigenvalue weighted by atomic mass is 32.1. The zero-order valence-electron chi connectivity index (χ0n) is 21.6. The maximum Gasteiger partial charge on any atom is 0.261 e. The minimum atomic E-state index is 0.124. The normalized spacial score (nSPS) is 16.8. The Kier molecular flexibility index (Phi) is 11.8. The predicted molar refractivity (Wildman–Crippen MR) is 140 cm³/mol. The number of carbonyl (C=O) groups is 1. The second-order valence-corrected chi connectivity index (χ2v) is 10.1. The summed E-state index contributed by atoms with van der Waals surface area (Å²) in [5.74, 6) is 1.42. The maximum atomic E-state index is 13.2. The molecule has 1 aromatic heterocycles. The summed E-state index contributed by atoms with van der Waals surface area (Å²) < 4.78 is 1.24. The third kappa shape index (κ3) is 7.34. The fourth-order valence-electron chi connectivity index (χ4n) is 4.38. The van der Waals surface area contributed by atoms with Gasteiger partial charge in [0.05, 0.1) is 4.88 Å². The smallest absolute Gasteiger partial charge is 0.261 e. The van der Waals surface area contributed by atoms with Crippen LogP contribution in [0.1, 0.15) is 109 Å². The van der Waals surface area contributed by atoms with Crippen molar-refractivity contribution in [1.82, 2.24) is 5.32 Å². The zero-order valence-corrected chi connectivity index (χ0v) is 22.4. The minimum absolute atomic E-state index is 0.124. The van der Waals surface area contributed by atoms with E-state index in [9.17, 15) is 4.79 Å². The summed E-state index contributed by atoms with van der Waals surface area (Å²) in [6, 6.07) is 8.67. The molecule has 2 nitrogen and oxygen atoms in total. The summed E-state index contributed by atoms with van der Waals surface area (Å²) in [6.45, 7) is 19.4. The van der Waals surface area contributed by atoms with Crippen molar-refractivity contribution in [3.05, 3.63) is 34.7 Å². The van der Waals surface area contributed by atoms with E-state index in [4.69, 9.17) is 0 Å². The summed E-state index contributed by atoms with van der Waals surface area (Å²) in [4.78, 5) is 14.0. The van der Waals surface area contributed by atoms with Crippen molar-refractivity contribution in [2.45, 2.75) is 107 Å². The molecule has 31 heavy (non-hydrogen) atoms. The number of nitrogens with one attached hydrogen (secondary N) is 1. The summed E-state index contributed by atoms with van der Waals surface area (Å²) in [5.41, 5.74) is 1.54. The topological polar surface area (TPSA) is 29.1 Å². The Balaban J connectivity index is 0.00000113. The first-order valence-corrected chi connectivity index (χ1v) is 13.5. The van der Waals surface area contributed by atoms with Gasteiger partial charge >= 0.3 is 0 Å². The van der Waals surface area contributed by atoms with Gasteiger partial charge in [-0.25, -0.2) is 0 Å². The molecule has 3 atom stereocenters. The molecular weight excluding hydrogens is 398 g/mol. The van der Waals surface area contributed by atoms with Crippen molar-refractivity contribution in [1.29, 1.82) is 0 Å². The van der Waals surface area contributed by atoms with Crippen LogP contribution in [0.2, 0.25) is 0 Å². The van der Waals surface area contributed by atoms with Crippen molar-refractivity contribution < 1.29 is 4.79 Å². The molecule has 0 radical (unpaired) electrons. The van der Waals surface area contributed by atoms with E-state index in [0.717, 1.165) is 10.8 Å². The number of rotatable bonds is 9. The molecule has 0 aliphatic heterocycles. The van der Waals surface area contributed by atoms with Crippen LogP contribution in [-0.4, -0.2) is 11.9 Å². The highest BCUT2D eigenvalue weighted by Crippen LogP contribution is 2.52. The number of aryl methyl sites for hydroxylation is 1. The molecule has 0 spiro atoms. The third-order valence-corrected chi connectivity index (χ3v) is 7.86. The van der Waals surface area contributed by atoms with Crippen molar-refractivity contribution in [2.24, 2.45) is 17.3 Å². The van der Waals surface area contributed by atoms with E-state index in [1.807, 2.05) is 27.7 Å². The number of hydrogen-bond acceptors (Lipinski definition) is 2. The van der Waals surface area contributed by atoms with Crippen LogP contribution in [0.3, 0.4) is 0 Å². The summed E-state index contributed by atoms with van der Waals surface area (Å²) >= 11 is 1.64. The first-order valence-electron chi connectivity index (χ1n) is 12.7. The Morgan fingerprint density at radius 1 is 1.16 bits per heavy atom. The van der Waals surface area contributed by atoms with Crippen LogP contribution >= 0.6 is 11.3 Å². The summed E-state index contributed by atoms with van der Waals surface area (Å²) in [5, 5.41) is 4.69. The van der Waals surface area contributed by atoms with Crippen LogP contribution in [0, 0.1) is 24.2 Å². The molecule has 1 amide bonds. The van der Waals surface area contributed by atoms with Gasteiger partial charge in [0.25, 0.3) is 5.91 Å². The molecule has 0 bridgehead atoms. The second kappa shape index (κ2) is 13.3. The van der Waals surface area contributed by atoms with E-state index in [-0.39, 0.29) is 11.3 Å². The first-order chi connectivity index (χ1) is 14.9. The molecule has 1 heterocycles. The third-order valence-electron chi connectivity index (χ3n) is 6.57. The van der Waals surface area contributed by atoms with Crippen LogP contribution in [0.5, 0.6) is 0 Å². The number of fused-ring (bicyclic) bond motifs is 1. The Hall–Kier alpha value is -1.35. The van der Waals surface area contributed by atoms with Gasteiger partial charge < -0.3 is 5.32 Å². The summed E-state index contributed by atoms with van der Waals surface area (Å²) in [6.07, 6.45) is 7.31. The molecule has 1 aromatic carbocycles. The second-order valence-electron chi connectivity index (χ2n) is 9.01. The lowest BCUT2D eigenvalue weighted by molar-refractivity contribution is 0.0882. The molecule has 1 fully saturated rings. The van der Waals surface area contributed by atoms with Gasteiger partial charge in [-0.15, -0.1) is 11.3 Å². The molecular formula is C28H47NOS. The van der Waals surface area contributed by atoms with E-state index in [0.29, 0.717) is 12.0 Å². The van der Waals surface area contributed by atoms with Gasteiger partial charge in [0.1, 0.15) is 0 Å². The number of benzene rings is 1. The largest absolute Gasteiger partial charge is 0.348 e. The standard InChI is InChI=1S/C24H35NOS.2C2H6/c1-6-9-19(14-16(3)7-2)22(24(5)12-13-24)25-23(26)20-15-18-11-8-10-17(4)21(18)27-20;2*1-2/h8,10-11,15-16,19,22H,6-7,9,12-14H2,1-5H3,(H,25,26);2*1-2H3. The molecule has 1 saturated carbocycles. The van der Waals surface area contributed by atoms with Crippen LogP contribution in [0.4, 0.5) is 0 Å². The lowest BCUT2D eigenvalue weighted by Gasteiger charge is -2.34. The van der Waals surface area contributed by atoms with Crippen LogP contribution < -0.4 is 5.32 Å². The Morgan fingerprint density at radius 2 is 1.81 bits per heavy atom. The van der Waals surface area contributed by atoms with Gasteiger partial charge in [-0.1, -0.05) is 86.4 Å². The van der Waals surface area contributed by atoms with Crippen molar-refractivity contribution in [3.63, 3.8) is 0 Å². The number of amides is 1. The maximum absolute atomic E-state index is 13.2. The molecule has 1 aliphatic carbocycles. The molecule has 1 N–H and O–H groups in total. The van der Waals surface area contributed by atoms with Gasteiger partial charge in [-0.05, 0) is 66.9 Å². The van der Waals surface area contributed by atoms with Gasteiger partial charge in [-0.2, -0.15) is 0 Å². The summed E-state index contributed by atoms with van der Waals surface area (Å²) in [7, 11) is 0. The molecule has 176 valence electrons. The van der Waals surface area contributed by atoms with Crippen molar-refractivity contribution >= 4 is 27.3 Å². The minimum Gasteiger partial charge on any atom is -0.348 e. The van der Waals surface area contributed by atoms with E-state index in [1.165, 1.54) is 54.2 Å². The highest BCUT2D eigenvalue weighted by molar-refractivity contribution is 7.21. The molecule has 1 aliphatic rings. The van der Waals surface area contributed by atoms with Gasteiger partial charge in [0.15, 0.2) is 0 Å². The van der Waals surface area contributed by atoms with Crippen molar-refractivity contribution in [3.8, 4) is 0 Å². The van der Waals surface area contributed by atoms with Gasteiger partial charge in [-0.3, -0.25) is 4.79 Å². The first kappa shape index (κ1) is 27.7. The molecule has 3 rings (SSSR count). The average molecular weight is 446 g/mol. The Bertz CT molecular complexity index is 789. The molecule has 0 saturated heterocycles. The van der Waals surface area contributed by atoms with Crippen LogP contribution in [0.25, 0.3) is 10.1 Å². The van der Waals surface area contributed by atoms with E-state index < -0.39 is 0 Å². The van der Waals surface area contributed by atoms with Crippen molar-refractivity contribution in [2.75, 3.05) is 0 Å². The predicted octanol–water partition coefficient (Wildman–Crippen LogP) is 9.01. The SMILES string of the molecule is CC.CC.CCCC(CC(C)CC)C(NC(=O)c1cc2cccc(C)c2s1)C1(C)CC1. The zero-order chi connectivity index (χ0) is 23.6. The average Bonchev–Trinajstić information content (AvgIpc) is 3.37. The fraction of sp³-hybridized carbons (Fsp3) is 0.679. The Morgan fingerprint density at radius 3 is 2.32 bits per heavy atom. The molecule has 3 unspecified atom stereocenters.